The van der Waals surface area contributed by atoms with Gasteiger partial charge in [-0.25, -0.2) is 14.4 Å². The number of carbonyl (C=O) groups is 6. The summed E-state index contributed by atoms with van der Waals surface area (Å²) in [7, 11) is 0. The van der Waals surface area contributed by atoms with E-state index in [9.17, 15) is 28.8 Å². The second-order valence-electron chi connectivity index (χ2n) is 17.4. The molecule has 1 atom stereocenters. The molecule has 3 fully saturated rings. The number of fused-ring (bicyclic) bond motifs is 2. The van der Waals surface area contributed by atoms with Crippen molar-refractivity contribution in [1.82, 2.24) is 49.9 Å². The van der Waals surface area contributed by atoms with Crippen LogP contribution >= 0.6 is 0 Å². The molecule has 4 aliphatic rings. The summed E-state index contributed by atoms with van der Waals surface area (Å²) >= 11 is 0. The Morgan fingerprint density at radius 1 is 0.817 bits per heavy atom. The van der Waals surface area contributed by atoms with E-state index in [0.717, 1.165) is 34.7 Å². The first kappa shape index (κ1) is 48.8. The van der Waals surface area contributed by atoms with Crippen LogP contribution in [0.25, 0.3) is 16.9 Å². The third-order valence-electron chi connectivity index (χ3n) is 12.5. The number of amides is 6. The summed E-state index contributed by atoms with van der Waals surface area (Å²) < 4.78 is 39.8. The van der Waals surface area contributed by atoms with Crippen molar-refractivity contribution in [2.45, 2.75) is 37.6 Å². The fourth-order valence-electron chi connectivity index (χ4n) is 8.64. The zero-order valence-electron chi connectivity index (χ0n) is 39.0. The molecule has 2 saturated heterocycles. The lowest BCUT2D eigenvalue weighted by atomic mass is 10.0. The van der Waals surface area contributed by atoms with Crippen LogP contribution in [0.1, 0.15) is 68.4 Å². The molecule has 22 nitrogen and oxygen atoms in total. The third kappa shape index (κ3) is 11.7. The molecule has 6 heterocycles. The molecule has 1 saturated carbocycles. The van der Waals surface area contributed by atoms with E-state index >= 15 is 4.39 Å². The van der Waals surface area contributed by atoms with Gasteiger partial charge in [-0.3, -0.25) is 53.4 Å². The van der Waals surface area contributed by atoms with Crippen molar-refractivity contribution in [2.24, 2.45) is 0 Å². The van der Waals surface area contributed by atoms with Gasteiger partial charge in [0.05, 0.1) is 100.0 Å². The molecule has 0 spiro atoms. The van der Waals surface area contributed by atoms with E-state index < -0.39 is 35.5 Å². The topological polar surface area (TPSA) is 256 Å². The number of piperazine rings is 1. The molecule has 5 aromatic rings. The highest BCUT2D eigenvalue weighted by atomic mass is 19.1. The molecule has 3 aliphatic heterocycles. The van der Waals surface area contributed by atoms with Crippen LogP contribution in [-0.2, 0) is 33.3 Å². The Bertz CT molecular complexity index is 2760. The molecule has 6 amide bonds. The van der Waals surface area contributed by atoms with Crippen LogP contribution < -0.4 is 21.3 Å². The van der Waals surface area contributed by atoms with Gasteiger partial charge in [-0.05, 0) is 49.6 Å². The molecule has 0 bridgehead atoms. The number of carbonyl (C=O) groups excluding carboxylic acids is 6. The highest BCUT2D eigenvalue weighted by Crippen LogP contribution is 2.41. The average molecular weight is 979 g/mol. The number of aromatic amines is 1. The lowest BCUT2D eigenvalue weighted by Crippen LogP contribution is -2.54. The Hall–Kier alpha value is -7.18. The Morgan fingerprint density at radius 2 is 1.55 bits per heavy atom. The number of rotatable bonds is 24. The summed E-state index contributed by atoms with van der Waals surface area (Å²) in [4.78, 5) is 90.1. The van der Waals surface area contributed by atoms with Gasteiger partial charge in [0.25, 0.3) is 17.7 Å². The summed E-state index contributed by atoms with van der Waals surface area (Å²) in [6.07, 6.45) is 9.42. The van der Waals surface area contributed by atoms with Crippen LogP contribution in [-0.4, -0.2) is 179 Å². The highest BCUT2D eigenvalue weighted by Gasteiger charge is 2.45. The Morgan fingerprint density at radius 3 is 2.24 bits per heavy atom. The number of hydrogen-bond acceptors (Lipinski definition) is 16. The fourth-order valence-corrected chi connectivity index (χ4v) is 8.64. The third-order valence-corrected chi connectivity index (χ3v) is 12.5. The molecule has 0 radical (unpaired) electrons. The van der Waals surface area contributed by atoms with Crippen molar-refractivity contribution < 1.29 is 52.1 Å². The van der Waals surface area contributed by atoms with E-state index in [0.29, 0.717) is 115 Å². The van der Waals surface area contributed by atoms with Crippen LogP contribution in [0.3, 0.4) is 0 Å². The predicted octanol–water partition coefficient (Wildman–Crippen LogP) is 2.33. The van der Waals surface area contributed by atoms with Crippen molar-refractivity contribution in [3.05, 3.63) is 89.4 Å². The van der Waals surface area contributed by atoms with Crippen LogP contribution in [0.2, 0.25) is 0 Å². The van der Waals surface area contributed by atoms with Crippen molar-refractivity contribution in [3.8, 4) is 11.3 Å². The molecule has 2 aromatic carbocycles. The number of benzene rings is 2. The lowest BCUT2D eigenvalue weighted by molar-refractivity contribution is -0.136. The molecule has 9 rings (SSSR count). The van der Waals surface area contributed by atoms with E-state index in [1.807, 2.05) is 15.5 Å². The first-order valence-electron chi connectivity index (χ1n) is 23.7. The maximum absolute atomic E-state index is 15.6. The normalized spacial score (nSPS) is 17.2. The van der Waals surface area contributed by atoms with E-state index in [1.165, 1.54) is 12.1 Å². The molecular weight excluding hydrogens is 924 g/mol. The second kappa shape index (κ2) is 22.7. The van der Waals surface area contributed by atoms with Gasteiger partial charge in [0.2, 0.25) is 17.7 Å². The largest absolute Gasteiger partial charge is 0.382 e. The molecule has 3 aromatic heterocycles. The Balaban J connectivity index is 0.588. The first-order valence-corrected chi connectivity index (χ1v) is 23.7. The van der Waals surface area contributed by atoms with Crippen LogP contribution in [0.15, 0.2) is 61.2 Å². The number of H-pyrrole nitrogens is 1. The van der Waals surface area contributed by atoms with Gasteiger partial charge in [-0.1, -0.05) is 6.07 Å². The number of imidazole rings is 1. The Labute approximate surface area is 406 Å². The Kier molecular flexibility index (Phi) is 15.6. The number of halogens is 1. The summed E-state index contributed by atoms with van der Waals surface area (Å²) in [5.74, 6) is -2.49. The maximum Gasteiger partial charge on any atom is 0.264 e. The van der Waals surface area contributed by atoms with E-state index in [4.69, 9.17) is 23.9 Å². The summed E-state index contributed by atoms with van der Waals surface area (Å²) in [5, 5.41) is 18.2. The van der Waals surface area contributed by atoms with Crippen LogP contribution in [0, 0.1) is 5.82 Å². The molecule has 23 heteroatoms. The fraction of sp³-hybridized carbons (Fsp3) is 0.438. The zero-order chi connectivity index (χ0) is 49.3. The van der Waals surface area contributed by atoms with Gasteiger partial charge in [-0.15, -0.1) is 0 Å². The zero-order valence-corrected chi connectivity index (χ0v) is 39.0. The van der Waals surface area contributed by atoms with Crippen molar-refractivity contribution in [2.75, 3.05) is 109 Å². The molecule has 5 N–H and O–H groups in total. The average Bonchev–Trinajstić information content (AvgIpc) is 3.79. The molecule has 374 valence electrons. The standard InChI is InChI=1S/C48H55FN12O10/c49-34-24-31(6-7-35(34)55-43-44-52-27-39(32-25-53-54-26-32)60(44)28-37(56-43)30-4-5-30)46(65)59-14-12-58(13-15-59)29-41(63)51-11-17-69-19-21-71-23-22-70-20-18-68-16-10-50-36-3-1-2-33-42(36)48(67)61(47(33)66)38-8-9-40(62)57-45(38)64/h1-3,6-7,24-28,30,38,50H,4-5,8-23,29H2,(H,51,63)(H,53,54)(H,55,56)(H,57,62,64). The van der Waals surface area contributed by atoms with Gasteiger partial charge in [0.15, 0.2) is 11.5 Å². The summed E-state index contributed by atoms with van der Waals surface area (Å²) in [6.45, 7) is 5.38. The monoisotopic (exact) mass is 978 g/mol. The molecule has 71 heavy (non-hydrogen) atoms. The predicted molar refractivity (Wildman–Crippen MR) is 252 cm³/mol. The minimum Gasteiger partial charge on any atom is -0.382 e. The molecule has 1 unspecified atom stereocenters. The maximum atomic E-state index is 15.6. The van der Waals surface area contributed by atoms with Gasteiger partial charge in [0.1, 0.15) is 11.9 Å². The van der Waals surface area contributed by atoms with E-state index in [2.05, 4.69) is 36.4 Å². The first-order chi connectivity index (χ1) is 34.6. The number of imide groups is 2. The van der Waals surface area contributed by atoms with Gasteiger partial charge < -0.3 is 39.8 Å². The number of aromatic nitrogens is 5. The number of nitrogens with one attached hydrogen (secondary N) is 5. The number of nitrogens with zero attached hydrogens (tertiary/aromatic N) is 7. The molecule has 1 aliphatic carbocycles. The van der Waals surface area contributed by atoms with Crippen molar-refractivity contribution in [3.63, 3.8) is 0 Å². The van der Waals surface area contributed by atoms with Gasteiger partial charge in [-0.2, -0.15) is 5.10 Å². The van der Waals surface area contributed by atoms with Gasteiger partial charge in [0, 0.05) is 80.8 Å². The van der Waals surface area contributed by atoms with Crippen LogP contribution in [0.4, 0.5) is 21.6 Å². The number of piperidine rings is 1. The summed E-state index contributed by atoms with van der Waals surface area (Å²) in [5.41, 5.74) is 4.39. The van der Waals surface area contributed by atoms with Crippen molar-refractivity contribution >= 4 is 58.3 Å². The molecular formula is C48H55FN12O10. The number of hydrogen-bond donors (Lipinski definition) is 5. The van der Waals surface area contributed by atoms with Gasteiger partial charge >= 0.3 is 0 Å². The number of anilines is 3. The quantitative estimate of drug-likeness (QED) is 0.0439. The highest BCUT2D eigenvalue weighted by molar-refractivity contribution is 6.25. The van der Waals surface area contributed by atoms with Crippen LogP contribution in [0.5, 0.6) is 0 Å². The second-order valence-corrected chi connectivity index (χ2v) is 17.4. The van der Waals surface area contributed by atoms with Crippen molar-refractivity contribution in [1.29, 1.82) is 0 Å². The number of ether oxygens (including phenoxy) is 4. The minimum absolute atomic E-state index is 0.0491. The smallest absolute Gasteiger partial charge is 0.264 e. The van der Waals surface area contributed by atoms with E-state index in [1.54, 1.807) is 47.8 Å². The minimum atomic E-state index is -1.03. The van der Waals surface area contributed by atoms with E-state index in [-0.39, 0.29) is 53.6 Å². The SMILES string of the molecule is O=C(CN1CCN(C(=O)c2ccc(Nc3nc(C4CC4)cn4c(-c5cn[nH]c5)cnc34)c(F)c2)CC1)NCCOCCOCCOCCOCCNc1cccc2c1C(=O)N(C1CCC(=O)NC1=O)C2=O. The summed E-state index contributed by atoms with van der Waals surface area (Å²) in [6, 6.07) is 8.22. The lowest BCUT2D eigenvalue weighted by Gasteiger charge is -2.34.